The molecule has 0 aromatic heterocycles. The largest absolute Gasteiger partial charge is 1.00 e. The third-order valence-corrected chi connectivity index (χ3v) is 1.84. The van der Waals surface area contributed by atoms with Gasteiger partial charge in [0, 0.05) is 0 Å². The summed E-state index contributed by atoms with van der Waals surface area (Å²) in [6.07, 6.45) is 0.521. The zero-order valence-corrected chi connectivity index (χ0v) is 8.10. The molecule has 0 saturated heterocycles. The van der Waals surface area contributed by atoms with Gasteiger partial charge in [0.25, 0.3) is 0 Å². The molecule has 0 saturated carbocycles. The molecule has 0 aliphatic rings. The monoisotopic (exact) mass is 176 g/mol. The van der Waals surface area contributed by atoms with Gasteiger partial charge in [0.1, 0.15) is 0 Å². The Hall–Kier alpha value is 0.467. The Kier molecular flexibility index (Phi) is 5.71. The summed E-state index contributed by atoms with van der Waals surface area (Å²) < 4.78 is 32.8. The maximum absolute atomic E-state index is 10.1. The van der Waals surface area contributed by atoms with Crippen LogP contribution < -0.4 is 18.9 Å². The van der Waals surface area contributed by atoms with Gasteiger partial charge < -0.3 is 1.43 Å². The predicted octanol–water partition coefficient (Wildman–Crippen LogP) is -1.89. The van der Waals surface area contributed by atoms with Crippen LogP contribution in [0.2, 0.25) is 0 Å². The normalized spacial score (nSPS) is 12.4. The number of hydrogen-bond donors (Lipinski definition) is 1. The van der Waals surface area contributed by atoms with Gasteiger partial charge >= 0.3 is 29.3 Å². The average Bonchev–Trinajstić information content (AvgIpc) is 1.60. The van der Waals surface area contributed by atoms with Crippen LogP contribution in [0.4, 0.5) is 0 Å². The topological polar surface area (TPSA) is 63.6 Å². The first-order chi connectivity index (χ1) is 4.27. The summed E-state index contributed by atoms with van der Waals surface area (Å²) in [6.45, 7) is 4.94. The molecule has 4 nitrogen and oxygen atoms in total. The van der Waals surface area contributed by atoms with Crippen LogP contribution >= 0.6 is 0 Å². The van der Waals surface area contributed by atoms with Crippen LogP contribution in [0.25, 0.3) is 0 Å². The Morgan fingerprint density at radius 2 is 1.91 bits per heavy atom. The third-order valence-electron chi connectivity index (χ3n) is 1.18. The first-order valence-corrected chi connectivity index (χ1v) is 4.31. The summed E-state index contributed by atoms with van der Waals surface area (Å²) in [7, 11) is -4.29. The summed E-state index contributed by atoms with van der Waals surface area (Å²) in [6, 6.07) is 0. The summed E-state index contributed by atoms with van der Waals surface area (Å²) in [5.74, 6) is 0. The summed E-state index contributed by atoms with van der Waals surface area (Å²) in [5, 5.41) is 0. The van der Waals surface area contributed by atoms with Gasteiger partial charge in [-0.2, -0.15) is 8.42 Å². The second kappa shape index (κ2) is 4.48. The van der Waals surface area contributed by atoms with Crippen molar-refractivity contribution in [1.29, 1.82) is 0 Å². The van der Waals surface area contributed by atoms with Crippen LogP contribution in [0.1, 0.15) is 28.6 Å². The van der Waals surface area contributed by atoms with Gasteiger partial charge in [0.2, 0.25) is 0 Å². The molecule has 0 heterocycles. The molecule has 0 amide bonds. The van der Waals surface area contributed by atoms with Gasteiger partial charge in [-0.1, -0.05) is 6.92 Å². The van der Waals surface area contributed by atoms with Crippen LogP contribution in [0.15, 0.2) is 0 Å². The minimum absolute atomic E-state index is 0. The van der Waals surface area contributed by atoms with E-state index in [2.05, 4.69) is 4.18 Å². The van der Waals surface area contributed by atoms with Crippen molar-refractivity contribution in [3.63, 3.8) is 0 Å². The van der Waals surface area contributed by atoms with E-state index < -0.39 is 16.0 Å². The molecular formula is C5H13LiO4S. The van der Waals surface area contributed by atoms with Crippen molar-refractivity contribution in [2.24, 2.45) is 0 Å². The molecule has 0 aliphatic carbocycles. The van der Waals surface area contributed by atoms with Gasteiger partial charge in [-0.3, -0.25) is 4.55 Å². The maximum Gasteiger partial charge on any atom is 1.00 e. The van der Waals surface area contributed by atoms with E-state index in [0.717, 1.165) is 0 Å². The van der Waals surface area contributed by atoms with E-state index in [-0.39, 0.29) is 20.3 Å². The number of hydrogen-bond acceptors (Lipinski definition) is 3. The van der Waals surface area contributed by atoms with Gasteiger partial charge in [0.15, 0.2) is 0 Å². The van der Waals surface area contributed by atoms with Crippen LogP contribution in [0.3, 0.4) is 0 Å². The Morgan fingerprint density at radius 1 is 1.55 bits per heavy atom. The summed E-state index contributed by atoms with van der Waals surface area (Å²) in [4.78, 5) is 0. The quantitative estimate of drug-likeness (QED) is 0.403. The van der Waals surface area contributed by atoms with E-state index in [0.29, 0.717) is 6.42 Å². The van der Waals surface area contributed by atoms with Crippen molar-refractivity contribution in [1.82, 2.24) is 0 Å². The Labute approximate surface area is 80.9 Å². The van der Waals surface area contributed by atoms with E-state index >= 15 is 0 Å². The zero-order chi connectivity index (χ0) is 8.41. The molecule has 0 bridgehead atoms. The molecule has 0 aromatic rings. The maximum atomic E-state index is 10.1. The molecule has 0 unspecified atom stereocenters. The fourth-order valence-electron chi connectivity index (χ4n) is 0.344. The van der Waals surface area contributed by atoms with Gasteiger partial charge in [-0.25, -0.2) is 4.18 Å². The second-order valence-corrected chi connectivity index (χ2v) is 3.65. The van der Waals surface area contributed by atoms with Gasteiger partial charge in [0.05, 0.1) is 5.60 Å². The SMILES string of the molecule is CCC(C)(C)OS(=O)(=O)O.[H-].[Li+]. The van der Waals surface area contributed by atoms with Crippen LogP contribution in [0.5, 0.6) is 0 Å². The average molecular weight is 176 g/mol. The van der Waals surface area contributed by atoms with Crippen molar-refractivity contribution < 1.29 is 37.4 Å². The molecule has 6 heteroatoms. The fraction of sp³-hybridized carbons (Fsp3) is 1.00. The predicted molar refractivity (Wildman–Crippen MR) is 38.1 cm³/mol. The molecule has 0 radical (unpaired) electrons. The minimum atomic E-state index is -4.29. The molecule has 11 heavy (non-hydrogen) atoms. The summed E-state index contributed by atoms with van der Waals surface area (Å²) >= 11 is 0. The molecule has 64 valence electrons. The van der Waals surface area contributed by atoms with Crippen LogP contribution in [-0.4, -0.2) is 18.6 Å². The summed E-state index contributed by atoms with van der Waals surface area (Å²) in [5.41, 5.74) is -0.812. The van der Waals surface area contributed by atoms with Crippen LogP contribution in [0, 0.1) is 0 Å². The van der Waals surface area contributed by atoms with E-state index in [1.165, 1.54) is 0 Å². The molecule has 0 atom stereocenters. The van der Waals surface area contributed by atoms with Crippen molar-refractivity contribution in [3.8, 4) is 0 Å². The van der Waals surface area contributed by atoms with Crippen molar-refractivity contribution in [2.45, 2.75) is 32.8 Å². The van der Waals surface area contributed by atoms with Crippen molar-refractivity contribution in [2.75, 3.05) is 0 Å². The fourth-order valence-corrected chi connectivity index (χ4v) is 1.03. The molecule has 0 fully saturated rings. The Bertz CT molecular complexity index is 201. The smallest absolute Gasteiger partial charge is 1.00 e. The Morgan fingerprint density at radius 3 is 2.00 bits per heavy atom. The van der Waals surface area contributed by atoms with Crippen molar-refractivity contribution >= 4 is 10.4 Å². The standard InChI is InChI=1S/C5H12O4S.Li.H/c1-4-5(2,3)9-10(6,7)8;;/h4H2,1-3H3,(H,6,7,8);;/q;+1;-1. The van der Waals surface area contributed by atoms with Gasteiger partial charge in [-0.15, -0.1) is 0 Å². The van der Waals surface area contributed by atoms with E-state index in [1.807, 2.05) is 0 Å². The molecule has 0 aliphatic heterocycles. The first kappa shape index (κ1) is 14.0. The Balaban J connectivity index is -0.000000405. The van der Waals surface area contributed by atoms with Crippen molar-refractivity contribution in [3.05, 3.63) is 0 Å². The molecule has 0 spiro atoms. The molecule has 1 N–H and O–H groups in total. The third kappa shape index (κ3) is 8.37. The van der Waals surface area contributed by atoms with Crippen LogP contribution in [-0.2, 0) is 14.6 Å². The first-order valence-electron chi connectivity index (χ1n) is 2.95. The minimum Gasteiger partial charge on any atom is -1.00 e. The molecule has 0 aromatic carbocycles. The second-order valence-electron chi connectivity index (χ2n) is 2.62. The van der Waals surface area contributed by atoms with E-state index in [4.69, 9.17) is 4.55 Å². The number of rotatable bonds is 3. The molecule has 0 rings (SSSR count). The molecular weight excluding hydrogens is 163 g/mol. The van der Waals surface area contributed by atoms with E-state index in [1.54, 1.807) is 20.8 Å². The van der Waals surface area contributed by atoms with Gasteiger partial charge in [-0.05, 0) is 20.3 Å². The zero-order valence-electron chi connectivity index (χ0n) is 8.29. The van der Waals surface area contributed by atoms with E-state index in [9.17, 15) is 8.42 Å².